The second kappa shape index (κ2) is 15.8. The van der Waals surface area contributed by atoms with Gasteiger partial charge in [-0.2, -0.15) is 0 Å². The Morgan fingerprint density at radius 2 is 1.50 bits per heavy atom. The topological polar surface area (TPSA) is 82.8 Å². The predicted octanol–water partition coefficient (Wildman–Crippen LogP) is 1.77. The number of nitrogens with one attached hydrogen (secondary N) is 2. The standard InChI is InChI=1S/C22H42N8O.HI/c1-20-26-27-21(28(20)2)19-25-22(24-10-8-14-30-15-17-31-18-16-30)23-9-7-13-29-11-5-3-4-6-12-29;/h3-19H2,1-2H3,(H2,23,24,25);1H. The maximum Gasteiger partial charge on any atom is 0.191 e. The zero-order valence-corrected chi connectivity index (χ0v) is 22.4. The number of likely N-dealkylation sites (tertiary alicyclic amines) is 1. The molecule has 0 aromatic carbocycles. The van der Waals surface area contributed by atoms with Gasteiger partial charge in [0.2, 0.25) is 0 Å². The van der Waals surface area contributed by atoms with Crippen LogP contribution in [0.15, 0.2) is 4.99 Å². The van der Waals surface area contributed by atoms with E-state index in [1.165, 1.54) is 45.3 Å². The highest BCUT2D eigenvalue weighted by Gasteiger charge is 2.11. The number of aliphatic imine (C=N–C) groups is 1. The summed E-state index contributed by atoms with van der Waals surface area (Å²) in [4.78, 5) is 9.86. The lowest BCUT2D eigenvalue weighted by atomic mass is 10.2. The summed E-state index contributed by atoms with van der Waals surface area (Å²) in [5.74, 6) is 2.67. The van der Waals surface area contributed by atoms with Crippen LogP contribution in [0, 0.1) is 6.92 Å². The number of aryl methyl sites for hydroxylation is 1. The molecule has 3 rings (SSSR count). The lowest BCUT2D eigenvalue weighted by molar-refractivity contribution is 0.0376. The Labute approximate surface area is 210 Å². The van der Waals surface area contributed by atoms with Gasteiger partial charge < -0.3 is 24.8 Å². The molecule has 184 valence electrons. The van der Waals surface area contributed by atoms with Crippen molar-refractivity contribution in [2.45, 2.75) is 52.0 Å². The molecule has 3 heterocycles. The smallest absolute Gasteiger partial charge is 0.191 e. The first kappa shape index (κ1) is 27.3. The zero-order valence-electron chi connectivity index (χ0n) is 20.0. The fraction of sp³-hybridized carbons (Fsp3) is 0.864. The van der Waals surface area contributed by atoms with E-state index in [1.807, 2.05) is 18.5 Å². The Bertz CT molecular complexity index is 654. The summed E-state index contributed by atoms with van der Waals surface area (Å²) in [6, 6.07) is 0. The van der Waals surface area contributed by atoms with Gasteiger partial charge in [-0.25, -0.2) is 4.99 Å². The molecule has 2 aliphatic heterocycles. The number of aromatic nitrogens is 3. The third-order valence-electron chi connectivity index (χ3n) is 6.25. The quantitative estimate of drug-likeness (QED) is 0.195. The number of halogens is 1. The Morgan fingerprint density at radius 1 is 0.906 bits per heavy atom. The van der Waals surface area contributed by atoms with Crippen molar-refractivity contribution >= 4 is 29.9 Å². The molecule has 1 aromatic heterocycles. The molecule has 2 fully saturated rings. The number of hydrogen-bond donors (Lipinski definition) is 2. The van der Waals surface area contributed by atoms with Crippen LogP contribution in [-0.2, 0) is 18.3 Å². The van der Waals surface area contributed by atoms with Gasteiger partial charge in [0.15, 0.2) is 11.8 Å². The summed E-state index contributed by atoms with van der Waals surface area (Å²) < 4.78 is 7.43. The van der Waals surface area contributed by atoms with E-state index in [4.69, 9.17) is 9.73 Å². The van der Waals surface area contributed by atoms with Crippen molar-refractivity contribution in [3.05, 3.63) is 11.6 Å². The van der Waals surface area contributed by atoms with Gasteiger partial charge in [-0.1, -0.05) is 12.8 Å². The molecule has 0 amide bonds. The van der Waals surface area contributed by atoms with E-state index in [2.05, 4.69) is 30.6 Å². The molecule has 1 aromatic rings. The number of ether oxygens (including phenoxy) is 1. The molecule has 10 heteroatoms. The molecule has 9 nitrogen and oxygen atoms in total. The summed E-state index contributed by atoms with van der Waals surface area (Å²) in [5.41, 5.74) is 0. The van der Waals surface area contributed by atoms with Crippen molar-refractivity contribution in [2.24, 2.45) is 12.0 Å². The average molecular weight is 563 g/mol. The lowest BCUT2D eigenvalue weighted by Gasteiger charge is -2.26. The van der Waals surface area contributed by atoms with Crippen molar-refractivity contribution in [2.75, 3.05) is 65.6 Å². The summed E-state index contributed by atoms with van der Waals surface area (Å²) in [7, 11) is 1.99. The maximum absolute atomic E-state index is 5.43. The van der Waals surface area contributed by atoms with Crippen LogP contribution in [0.5, 0.6) is 0 Å². The third-order valence-corrected chi connectivity index (χ3v) is 6.25. The van der Waals surface area contributed by atoms with E-state index < -0.39 is 0 Å². The normalized spacial score (nSPS) is 18.8. The van der Waals surface area contributed by atoms with Crippen LogP contribution >= 0.6 is 24.0 Å². The van der Waals surface area contributed by atoms with Crippen molar-refractivity contribution in [1.82, 2.24) is 35.2 Å². The van der Waals surface area contributed by atoms with Crippen LogP contribution in [0.2, 0.25) is 0 Å². The van der Waals surface area contributed by atoms with E-state index >= 15 is 0 Å². The van der Waals surface area contributed by atoms with Gasteiger partial charge in [-0.05, 0) is 58.8 Å². The average Bonchev–Trinajstić information content (AvgIpc) is 2.98. The van der Waals surface area contributed by atoms with Gasteiger partial charge in [0.05, 0.1) is 13.2 Å². The first-order chi connectivity index (χ1) is 15.2. The van der Waals surface area contributed by atoms with E-state index in [9.17, 15) is 0 Å². The molecule has 2 saturated heterocycles. The van der Waals surface area contributed by atoms with Crippen LogP contribution in [0.3, 0.4) is 0 Å². The minimum atomic E-state index is 0. The molecule has 2 aliphatic rings. The Hall–Kier alpha value is -0.980. The first-order valence-electron chi connectivity index (χ1n) is 12.1. The molecule has 0 radical (unpaired) electrons. The van der Waals surface area contributed by atoms with Gasteiger partial charge in [0.25, 0.3) is 0 Å². The van der Waals surface area contributed by atoms with Crippen molar-refractivity contribution in [3.8, 4) is 0 Å². The molecule has 0 bridgehead atoms. The lowest BCUT2D eigenvalue weighted by Crippen LogP contribution is -2.41. The van der Waals surface area contributed by atoms with Gasteiger partial charge in [-0.15, -0.1) is 34.2 Å². The van der Waals surface area contributed by atoms with Gasteiger partial charge in [0, 0.05) is 33.2 Å². The SMILES string of the molecule is Cc1nnc(CN=C(NCCCN2CCCCCC2)NCCCN2CCOCC2)n1C.I. The molecule has 0 unspecified atom stereocenters. The van der Waals surface area contributed by atoms with E-state index in [-0.39, 0.29) is 24.0 Å². The number of nitrogens with zero attached hydrogens (tertiary/aromatic N) is 6. The molecule has 2 N–H and O–H groups in total. The second-order valence-electron chi connectivity index (χ2n) is 8.66. The number of rotatable bonds is 10. The largest absolute Gasteiger partial charge is 0.379 e. The van der Waals surface area contributed by atoms with Crippen molar-refractivity contribution in [3.63, 3.8) is 0 Å². The van der Waals surface area contributed by atoms with Crippen LogP contribution in [-0.4, -0.2) is 96.1 Å². The van der Waals surface area contributed by atoms with E-state index in [0.29, 0.717) is 6.54 Å². The molecule has 0 spiro atoms. The zero-order chi connectivity index (χ0) is 21.7. The molecule has 32 heavy (non-hydrogen) atoms. The van der Waals surface area contributed by atoms with Crippen molar-refractivity contribution in [1.29, 1.82) is 0 Å². The number of guanidine groups is 1. The minimum absolute atomic E-state index is 0. The van der Waals surface area contributed by atoms with E-state index in [0.717, 1.165) is 76.4 Å². The Balaban J connectivity index is 0.00000363. The predicted molar refractivity (Wildman–Crippen MR) is 140 cm³/mol. The highest BCUT2D eigenvalue weighted by atomic mass is 127. The minimum Gasteiger partial charge on any atom is -0.379 e. The van der Waals surface area contributed by atoms with Crippen LogP contribution in [0.4, 0.5) is 0 Å². The highest BCUT2D eigenvalue weighted by Crippen LogP contribution is 2.09. The van der Waals surface area contributed by atoms with Crippen LogP contribution in [0.25, 0.3) is 0 Å². The monoisotopic (exact) mass is 562 g/mol. The fourth-order valence-electron chi connectivity index (χ4n) is 4.12. The van der Waals surface area contributed by atoms with Gasteiger partial charge in [0.1, 0.15) is 12.4 Å². The number of hydrogen-bond acceptors (Lipinski definition) is 6. The van der Waals surface area contributed by atoms with Crippen molar-refractivity contribution < 1.29 is 4.74 Å². The Kier molecular flexibility index (Phi) is 13.4. The fourth-order valence-corrected chi connectivity index (χ4v) is 4.12. The van der Waals surface area contributed by atoms with E-state index in [1.54, 1.807) is 0 Å². The van der Waals surface area contributed by atoms with Gasteiger partial charge in [-0.3, -0.25) is 4.90 Å². The molecule has 0 saturated carbocycles. The molecular weight excluding hydrogens is 519 g/mol. The molecular formula is C22H43IN8O. The second-order valence-corrected chi connectivity index (χ2v) is 8.66. The van der Waals surface area contributed by atoms with Crippen LogP contribution in [0.1, 0.15) is 50.2 Å². The summed E-state index contributed by atoms with van der Waals surface area (Å²) in [6.45, 7) is 12.9. The highest BCUT2D eigenvalue weighted by molar-refractivity contribution is 14.0. The summed E-state index contributed by atoms with van der Waals surface area (Å²) in [5, 5.41) is 15.4. The Morgan fingerprint density at radius 3 is 2.06 bits per heavy atom. The molecule has 0 atom stereocenters. The summed E-state index contributed by atoms with van der Waals surface area (Å²) >= 11 is 0. The number of morpholine rings is 1. The van der Waals surface area contributed by atoms with Crippen LogP contribution < -0.4 is 10.6 Å². The maximum atomic E-state index is 5.43. The van der Waals surface area contributed by atoms with Gasteiger partial charge >= 0.3 is 0 Å². The molecule has 0 aliphatic carbocycles. The summed E-state index contributed by atoms with van der Waals surface area (Å²) in [6.07, 6.45) is 7.71. The third kappa shape index (κ3) is 9.88. The first-order valence-corrected chi connectivity index (χ1v) is 12.1.